The third kappa shape index (κ3) is 5.83. The van der Waals surface area contributed by atoms with Gasteiger partial charge in [0.05, 0.1) is 23.6 Å². The number of anilines is 1. The van der Waals surface area contributed by atoms with Gasteiger partial charge >= 0.3 is 5.97 Å². The summed E-state index contributed by atoms with van der Waals surface area (Å²) in [6.45, 7) is 10.3. The first-order chi connectivity index (χ1) is 22.9. The Morgan fingerprint density at radius 2 is 1.69 bits per heavy atom. The summed E-state index contributed by atoms with van der Waals surface area (Å²) in [5.41, 5.74) is 6.63. The van der Waals surface area contributed by atoms with Crippen LogP contribution in [0.3, 0.4) is 0 Å². The molecule has 0 atom stereocenters. The Balaban J connectivity index is 1.78. The zero-order valence-corrected chi connectivity index (χ0v) is 29.4. The third-order valence-corrected chi connectivity index (χ3v) is 10.7. The Morgan fingerprint density at radius 3 is 2.33 bits per heavy atom. The van der Waals surface area contributed by atoms with Crippen LogP contribution < -0.4 is 36.1 Å². The maximum Gasteiger partial charge on any atom is 0.336 e. The maximum atomic E-state index is 13.0. The van der Waals surface area contributed by atoms with E-state index in [4.69, 9.17) is 10.6 Å². The Hall–Kier alpha value is -4.78. The molecule has 256 valence electrons. The smallest absolute Gasteiger partial charge is 0.336 e. The fraction of sp³-hybridized carbons (Fsp3) is 0.324. The summed E-state index contributed by atoms with van der Waals surface area (Å²) in [6.07, 6.45) is 4.55. The average molecular weight is 686 g/mol. The summed E-state index contributed by atoms with van der Waals surface area (Å²) in [4.78, 5) is 27.5. The van der Waals surface area contributed by atoms with Crippen LogP contribution in [0.25, 0.3) is 16.7 Å². The van der Waals surface area contributed by atoms with E-state index in [1.165, 1.54) is 0 Å². The molecule has 3 aromatic rings. The summed E-state index contributed by atoms with van der Waals surface area (Å²) in [5.74, 6) is 3.97. The van der Waals surface area contributed by atoms with Crippen molar-refractivity contribution in [2.45, 2.75) is 58.5 Å². The molecule has 5 N–H and O–H groups in total. The van der Waals surface area contributed by atoms with Crippen molar-refractivity contribution >= 4 is 44.4 Å². The van der Waals surface area contributed by atoms with Gasteiger partial charge < -0.3 is 14.7 Å². The number of rotatable bonds is 7. The number of aromatic carboxylic acids is 1. The first-order valence-corrected chi connectivity index (χ1v) is 17.6. The normalized spacial score (nSPS) is 17.1. The van der Waals surface area contributed by atoms with Crippen LogP contribution in [0.5, 0.6) is 11.5 Å². The van der Waals surface area contributed by atoms with Crippen LogP contribution >= 0.6 is 0 Å². The molecule has 11 nitrogen and oxygen atoms in total. The number of carbonyl (C=O) groups is 2. The number of carbonyl (C=O) groups excluding carboxylic acids is 1. The highest BCUT2D eigenvalue weighted by Crippen LogP contribution is 2.47. The SMILES string of the molecule is CCC1=CC(C)(C)[N+](C)=c2cc3c(cc21)=C(c1cccc(CC(=O)NN)c1C(=O)O)c1cc2c(cc1O3)N(C)C(C)(C)C=C2CS(=O)(=O)O. The lowest BCUT2D eigenvalue weighted by Crippen LogP contribution is -2.47. The van der Waals surface area contributed by atoms with Gasteiger partial charge in [-0.25, -0.2) is 15.2 Å². The number of carboxylic acids is 1. The molecule has 0 bridgehead atoms. The number of benzene rings is 3. The van der Waals surface area contributed by atoms with Gasteiger partial charge in [-0.15, -0.1) is 0 Å². The Labute approximate surface area is 285 Å². The minimum atomic E-state index is -4.40. The van der Waals surface area contributed by atoms with E-state index in [-0.39, 0.29) is 23.1 Å². The minimum Gasteiger partial charge on any atom is -0.478 e. The topological polar surface area (TPSA) is 162 Å². The maximum absolute atomic E-state index is 13.0. The molecular weight excluding hydrogens is 644 g/mol. The minimum absolute atomic E-state index is 0.0631. The lowest BCUT2D eigenvalue weighted by atomic mass is 9.82. The number of nitrogens with one attached hydrogen (secondary N) is 1. The number of nitrogens with zero attached hydrogens (tertiary/aromatic N) is 2. The van der Waals surface area contributed by atoms with Gasteiger partial charge in [0.25, 0.3) is 10.1 Å². The van der Waals surface area contributed by atoms with Gasteiger partial charge in [0, 0.05) is 60.1 Å². The van der Waals surface area contributed by atoms with Gasteiger partial charge in [-0.05, 0) is 60.8 Å². The first kappa shape index (κ1) is 34.1. The quantitative estimate of drug-likeness (QED) is 0.0751. The monoisotopic (exact) mass is 685 g/mol. The third-order valence-electron chi connectivity index (χ3n) is 10.0. The second-order valence-corrected chi connectivity index (χ2v) is 15.4. The number of allylic oxidation sites excluding steroid dienone is 1. The van der Waals surface area contributed by atoms with Crippen molar-refractivity contribution in [2.24, 2.45) is 5.84 Å². The second kappa shape index (κ2) is 11.7. The van der Waals surface area contributed by atoms with Crippen LogP contribution in [-0.4, -0.2) is 60.9 Å². The molecule has 6 rings (SSSR count). The molecule has 0 spiro atoms. The zero-order chi connectivity index (χ0) is 35.8. The van der Waals surface area contributed by atoms with Crippen LogP contribution in [0, 0.1) is 0 Å². The lowest BCUT2D eigenvalue weighted by molar-refractivity contribution is -0.120. The van der Waals surface area contributed by atoms with Crippen molar-refractivity contribution < 1.29 is 32.4 Å². The van der Waals surface area contributed by atoms with Crippen molar-refractivity contribution in [3.63, 3.8) is 0 Å². The molecule has 3 heterocycles. The van der Waals surface area contributed by atoms with Gasteiger partial charge in [0.1, 0.15) is 24.3 Å². The van der Waals surface area contributed by atoms with E-state index in [1.807, 2.05) is 63.2 Å². The molecule has 0 aromatic heterocycles. The molecular formula is C37H41N4O7S+. The Morgan fingerprint density at radius 1 is 0.980 bits per heavy atom. The second-order valence-electron chi connectivity index (χ2n) is 13.9. The summed E-state index contributed by atoms with van der Waals surface area (Å²) in [7, 11) is -0.478. The van der Waals surface area contributed by atoms with Gasteiger partial charge in [-0.2, -0.15) is 8.42 Å². The number of nitrogens with two attached hydrogens (primary N) is 1. The van der Waals surface area contributed by atoms with E-state index < -0.39 is 33.3 Å². The number of amides is 1. The molecule has 0 fully saturated rings. The number of hydrogen-bond acceptors (Lipinski definition) is 7. The highest BCUT2D eigenvalue weighted by Gasteiger charge is 2.37. The van der Waals surface area contributed by atoms with Crippen LogP contribution in [0.1, 0.15) is 79.2 Å². The fourth-order valence-electron chi connectivity index (χ4n) is 7.18. The van der Waals surface area contributed by atoms with Crippen LogP contribution in [0.4, 0.5) is 5.69 Å². The average Bonchev–Trinajstić information content (AvgIpc) is 3.01. The highest BCUT2D eigenvalue weighted by atomic mass is 32.2. The van der Waals surface area contributed by atoms with Gasteiger partial charge in [0.15, 0.2) is 5.54 Å². The van der Waals surface area contributed by atoms with Crippen molar-refractivity contribution in [3.8, 4) is 11.5 Å². The Kier molecular flexibility index (Phi) is 8.13. The van der Waals surface area contributed by atoms with E-state index in [0.717, 1.165) is 22.9 Å². The molecule has 0 saturated heterocycles. The summed E-state index contributed by atoms with van der Waals surface area (Å²) < 4.78 is 43.3. The number of carboxylic acid groups (broad SMARTS) is 1. The predicted octanol–water partition coefficient (Wildman–Crippen LogP) is 3.48. The number of hydrogen-bond donors (Lipinski definition) is 4. The van der Waals surface area contributed by atoms with Crippen LogP contribution in [0.2, 0.25) is 0 Å². The summed E-state index contributed by atoms with van der Waals surface area (Å²) in [5, 5.41) is 12.3. The number of ether oxygens (including phenoxy) is 1. The molecule has 0 radical (unpaired) electrons. The van der Waals surface area contributed by atoms with Gasteiger partial charge in [-0.3, -0.25) is 14.8 Å². The molecule has 3 aliphatic rings. The van der Waals surface area contributed by atoms with E-state index in [1.54, 1.807) is 18.2 Å². The lowest BCUT2D eigenvalue weighted by Gasteiger charge is -2.41. The van der Waals surface area contributed by atoms with E-state index in [0.29, 0.717) is 50.2 Å². The number of hydrazine groups is 1. The van der Waals surface area contributed by atoms with Crippen LogP contribution in [0.15, 0.2) is 54.6 Å². The van der Waals surface area contributed by atoms with Crippen molar-refractivity contribution in [1.29, 1.82) is 0 Å². The predicted molar refractivity (Wildman–Crippen MR) is 190 cm³/mol. The summed E-state index contributed by atoms with van der Waals surface area (Å²) in [6, 6.07) is 12.6. The van der Waals surface area contributed by atoms with Crippen molar-refractivity contribution in [3.05, 3.63) is 98.6 Å². The molecule has 3 aliphatic heterocycles. The van der Waals surface area contributed by atoms with E-state index in [2.05, 4.69) is 36.8 Å². The fourth-order valence-corrected chi connectivity index (χ4v) is 7.82. The first-order valence-electron chi connectivity index (χ1n) is 16.0. The Bertz CT molecular complexity index is 2290. The summed E-state index contributed by atoms with van der Waals surface area (Å²) >= 11 is 0. The van der Waals surface area contributed by atoms with E-state index >= 15 is 0 Å². The molecule has 3 aromatic carbocycles. The van der Waals surface area contributed by atoms with E-state index in [9.17, 15) is 27.7 Å². The van der Waals surface area contributed by atoms with Crippen molar-refractivity contribution in [1.82, 2.24) is 10.0 Å². The number of fused-ring (bicyclic) bond motifs is 4. The molecule has 0 unspecified atom stereocenters. The van der Waals surface area contributed by atoms with Gasteiger partial charge in [0.2, 0.25) is 11.3 Å². The number of likely N-dealkylation sites (N-methyl/N-ethyl adjacent to an activating group) is 2. The zero-order valence-electron chi connectivity index (χ0n) is 28.6. The molecule has 0 aliphatic carbocycles. The van der Waals surface area contributed by atoms with Crippen molar-refractivity contribution in [2.75, 3.05) is 24.7 Å². The highest BCUT2D eigenvalue weighted by molar-refractivity contribution is 7.86. The largest absolute Gasteiger partial charge is 0.478 e. The standard InChI is InChI=1S/C37H40N4O7S/c1-8-20-17-36(2,3)40(6)28-15-30-26(13-24(20)28)34(23-11-9-10-21(12-32(42)39-38)33(23)35(43)44)27-14-25-22(19-49(45,46)47)18-37(4,5)41(7)29(25)16-31(27)48-30/h9-11,13-18H,8,12,19,38H2,1-7H3,(H2-,39,42,43,44,45,46,47)/p+1. The molecule has 12 heteroatoms. The van der Waals surface area contributed by atoms with Gasteiger partial charge in [-0.1, -0.05) is 31.2 Å². The molecule has 0 saturated carbocycles. The molecule has 49 heavy (non-hydrogen) atoms. The van der Waals surface area contributed by atoms with Crippen LogP contribution in [-0.2, 0) is 21.3 Å². The molecule has 1 amide bonds.